The lowest BCUT2D eigenvalue weighted by Crippen LogP contribution is -2.45. The molecule has 0 aromatic carbocycles. The van der Waals surface area contributed by atoms with Gasteiger partial charge in [-0.1, -0.05) is 424 Å². The van der Waals surface area contributed by atoms with Gasteiger partial charge in [0, 0.05) is 6.42 Å². The first-order valence-corrected chi connectivity index (χ1v) is 41.6. The molecule has 0 radical (unpaired) electrons. The summed E-state index contributed by atoms with van der Waals surface area (Å²) in [6.07, 6.45) is 92.7. The van der Waals surface area contributed by atoms with Crippen molar-refractivity contribution in [2.24, 2.45) is 0 Å². The number of phosphoric ester groups is 1. The third kappa shape index (κ3) is 72.7. The van der Waals surface area contributed by atoms with Crippen LogP contribution in [0.15, 0.2) is 12.2 Å². The highest BCUT2D eigenvalue weighted by Gasteiger charge is 2.28. The predicted octanol–water partition coefficient (Wildman–Crippen LogP) is 26.0. The first-order valence-electron chi connectivity index (χ1n) is 40.1. The van der Waals surface area contributed by atoms with Crippen LogP contribution in [-0.4, -0.2) is 73.4 Å². The van der Waals surface area contributed by atoms with E-state index in [0.29, 0.717) is 17.4 Å². The number of nitrogens with zero attached hydrogens (tertiary/aromatic N) is 1. The van der Waals surface area contributed by atoms with Gasteiger partial charge in [0.1, 0.15) is 13.2 Å². The summed E-state index contributed by atoms with van der Waals surface area (Å²) in [5.74, 6) is -0.165. The molecule has 0 saturated carbocycles. The minimum atomic E-state index is -4.35. The monoisotopic (exact) mass is 1260 g/mol. The van der Waals surface area contributed by atoms with Gasteiger partial charge in [-0.25, -0.2) is 4.57 Å². The highest BCUT2D eigenvalue weighted by atomic mass is 31.2. The van der Waals surface area contributed by atoms with Gasteiger partial charge in [0.05, 0.1) is 39.9 Å². The maximum absolute atomic E-state index is 13.1. The third-order valence-corrected chi connectivity index (χ3v) is 20.0. The van der Waals surface area contributed by atoms with E-state index in [4.69, 9.17) is 9.05 Å². The Balaban J connectivity index is 3.93. The van der Waals surface area contributed by atoms with E-state index >= 15 is 0 Å². The fraction of sp³-hybridized carbons (Fsp3) is 0.962. The number of likely N-dealkylation sites (N-methyl/N-ethyl adjacent to an activating group) is 1. The Bertz CT molecular complexity index is 1440. The normalized spacial score (nSPS) is 13.5. The van der Waals surface area contributed by atoms with E-state index < -0.39 is 20.0 Å². The molecule has 88 heavy (non-hydrogen) atoms. The highest BCUT2D eigenvalue weighted by molar-refractivity contribution is 7.47. The Kier molecular flexibility index (Phi) is 69.9. The molecule has 0 aromatic heterocycles. The number of quaternary nitrogens is 1. The van der Waals surface area contributed by atoms with Crippen molar-refractivity contribution >= 4 is 13.7 Å². The van der Waals surface area contributed by atoms with Crippen LogP contribution in [0.3, 0.4) is 0 Å². The minimum absolute atomic E-state index is 0.0657. The molecule has 0 aromatic rings. The summed E-state index contributed by atoms with van der Waals surface area (Å²) in [6.45, 7) is 4.90. The topological polar surface area (TPSA) is 105 Å². The SMILES string of the molecule is CCCCCCCCCCCCCCCCCCCCCCCCCCCCCCC/C=C/C(O)C(COP(=O)(O)OCC[N+](C)(C)C)NC(=O)CCCCCCCCCCCCCCCCCCCCCCCCCCCCCCCCCCCCC. The zero-order chi connectivity index (χ0) is 64.1. The Morgan fingerprint density at radius 3 is 0.841 bits per heavy atom. The molecule has 0 saturated heterocycles. The molecule has 1 amide bonds. The quantitative estimate of drug-likeness (QED) is 0.0243. The molecule has 0 rings (SSSR count). The molecule has 0 aliphatic rings. The van der Waals surface area contributed by atoms with Crippen LogP contribution in [0.5, 0.6) is 0 Å². The van der Waals surface area contributed by atoms with Crippen LogP contribution < -0.4 is 5.32 Å². The second-order valence-electron chi connectivity index (χ2n) is 29.2. The molecule has 3 atom stereocenters. The van der Waals surface area contributed by atoms with E-state index in [2.05, 4.69) is 19.2 Å². The Morgan fingerprint density at radius 1 is 0.375 bits per heavy atom. The zero-order valence-electron chi connectivity index (χ0n) is 60.5. The summed E-state index contributed by atoms with van der Waals surface area (Å²) in [5.41, 5.74) is 0. The molecule has 3 unspecified atom stereocenters. The van der Waals surface area contributed by atoms with Gasteiger partial charge in [-0.15, -0.1) is 0 Å². The predicted molar refractivity (Wildman–Crippen MR) is 388 cm³/mol. The van der Waals surface area contributed by atoms with Gasteiger partial charge in [-0.05, 0) is 19.3 Å². The number of unbranched alkanes of at least 4 members (excludes halogenated alkanes) is 63. The van der Waals surface area contributed by atoms with Gasteiger partial charge in [0.2, 0.25) is 5.91 Å². The van der Waals surface area contributed by atoms with Crippen LogP contribution in [-0.2, 0) is 18.4 Å². The summed E-state index contributed by atoms with van der Waals surface area (Å²) in [4.78, 5) is 23.5. The van der Waals surface area contributed by atoms with Crippen molar-refractivity contribution in [2.45, 2.75) is 450 Å². The lowest BCUT2D eigenvalue weighted by Gasteiger charge is -2.25. The van der Waals surface area contributed by atoms with Crippen LogP contribution in [0, 0.1) is 0 Å². The maximum atomic E-state index is 13.1. The summed E-state index contributed by atoms with van der Waals surface area (Å²) in [6, 6.07) is -0.845. The molecule has 0 fully saturated rings. The number of amides is 1. The van der Waals surface area contributed by atoms with Gasteiger partial charge in [0.25, 0.3) is 0 Å². The zero-order valence-corrected chi connectivity index (χ0v) is 61.4. The number of aliphatic hydroxyl groups is 1. The van der Waals surface area contributed by atoms with Crippen molar-refractivity contribution in [1.82, 2.24) is 5.32 Å². The second-order valence-corrected chi connectivity index (χ2v) is 30.6. The number of phosphoric acid groups is 1. The standard InChI is InChI=1S/C79H159N2O6P/c1-6-8-10-12-14-16-18-20-22-24-26-28-30-32-34-36-38-39-40-41-43-45-47-49-51-53-55-57-59-61-63-65-67-69-71-73-79(83)80-77(76-87-88(84,85)86-75-74-81(3,4)5)78(82)72-70-68-66-64-62-60-58-56-54-52-50-48-46-44-42-37-35-33-31-29-27-25-23-21-19-17-15-13-11-9-7-2/h70,72,77-78,82H,6-69,71,73-76H2,1-5H3,(H-,80,83,84,85)/p+1/b72-70+. The molecule has 9 heteroatoms. The number of hydrogen-bond acceptors (Lipinski definition) is 5. The van der Waals surface area contributed by atoms with E-state index in [1.165, 1.54) is 385 Å². The molecule has 0 aliphatic carbocycles. The van der Waals surface area contributed by atoms with Crippen molar-refractivity contribution < 1.29 is 32.9 Å². The number of rotatable bonds is 76. The van der Waals surface area contributed by atoms with E-state index in [1.54, 1.807) is 6.08 Å². The Morgan fingerprint density at radius 2 is 0.602 bits per heavy atom. The largest absolute Gasteiger partial charge is 0.472 e. The van der Waals surface area contributed by atoms with Crippen LogP contribution >= 0.6 is 7.82 Å². The van der Waals surface area contributed by atoms with E-state index in [-0.39, 0.29) is 19.1 Å². The summed E-state index contributed by atoms with van der Waals surface area (Å²) in [5, 5.41) is 14.1. The molecule has 0 heterocycles. The molecule has 0 aliphatic heterocycles. The highest BCUT2D eigenvalue weighted by Crippen LogP contribution is 2.43. The number of carbonyl (C=O) groups is 1. The van der Waals surface area contributed by atoms with Crippen LogP contribution in [0.25, 0.3) is 0 Å². The van der Waals surface area contributed by atoms with Crippen molar-refractivity contribution in [3.8, 4) is 0 Å². The van der Waals surface area contributed by atoms with Crippen LogP contribution in [0.2, 0.25) is 0 Å². The van der Waals surface area contributed by atoms with Gasteiger partial charge in [-0.3, -0.25) is 13.8 Å². The molecular formula is C79H160N2O6P+. The average molecular weight is 1270 g/mol. The van der Waals surface area contributed by atoms with Gasteiger partial charge in [0.15, 0.2) is 0 Å². The summed E-state index contributed by atoms with van der Waals surface area (Å²) in [7, 11) is 1.60. The second kappa shape index (κ2) is 70.6. The van der Waals surface area contributed by atoms with Crippen molar-refractivity contribution in [3.63, 3.8) is 0 Å². The molecular weight excluding hydrogens is 1100 g/mol. The number of carbonyl (C=O) groups excluding carboxylic acids is 1. The Labute approximate surface area is 552 Å². The maximum Gasteiger partial charge on any atom is 0.472 e. The van der Waals surface area contributed by atoms with Crippen molar-refractivity contribution in [2.75, 3.05) is 40.9 Å². The van der Waals surface area contributed by atoms with E-state index in [1.807, 2.05) is 27.2 Å². The van der Waals surface area contributed by atoms with Crippen LogP contribution in [0.1, 0.15) is 438 Å². The van der Waals surface area contributed by atoms with Crippen molar-refractivity contribution in [3.05, 3.63) is 12.2 Å². The van der Waals surface area contributed by atoms with Gasteiger partial charge >= 0.3 is 7.82 Å². The third-order valence-electron chi connectivity index (χ3n) is 19.0. The first kappa shape index (κ1) is 87.2. The molecule has 526 valence electrons. The molecule has 8 nitrogen and oxygen atoms in total. The Hall–Kier alpha value is -0.760. The lowest BCUT2D eigenvalue weighted by molar-refractivity contribution is -0.870. The smallest absolute Gasteiger partial charge is 0.387 e. The number of nitrogens with one attached hydrogen (secondary N) is 1. The van der Waals surface area contributed by atoms with Crippen LogP contribution in [0.4, 0.5) is 0 Å². The van der Waals surface area contributed by atoms with E-state index in [0.717, 1.165) is 32.1 Å². The number of aliphatic hydroxyl groups excluding tert-OH is 1. The number of allylic oxidation sites excluding steroid dienone is 1. The minimum Gasteiger partial charge on any atom is -0.387 e. The molecule has 0 bridgehead atoms. The summed E-state index contributed by atoms with van der Waals surface area (Å²) < 4.78 is 23.9. The van der Waals surface area contributed by atoms with E-state index in [9.17, 15) is 19.4 Å². The van der Waals surface area contributed by atoms with Gasteiger partial charge in [-0.2, -0.15) is 0 Å². The number of hydrogen-bond donors (Lipinski definition) is 3. The molecule has 0 spiro atoms. The van der Waals surface area contributed by atoms with Gasteiger partial charge < -0.3 is 19.8 Å². The lowest BCUT2D eigenvalue weighted by atomic mass is 10.0. The summed E-state index contributed by atoms with van der Waals surface area (Å²) >= 11 is 0. The fourth-order valence-corrected chi connectivity index (χ4v) is 13.6. The average Bonchev–Trinajstić information content (AvgIpc) is 3.65. The fourth-order valence-electron chi connectivity index (χ4n) is 12.8. The first-order chi connectivity index (χ1) is 43.0. The molecule has 3 N–H and O–H groups in total. The van der Waals surface area contributed by atoms with Crippen molar-refractivity contribution in [1.29, 1.82) is 0 Å².